The Morgan fingerprint density at radius 2 is 1.76 bits per heavy atom. The lowest BCUT2D eigenvalue weighted by Crippen LogP contribution is -2.43. The Bertz CT molecular complexity index is 922. The summed E-state index contributed by atoms with van der Waals surface area (Å²) in [4.78, 5) is 32.2. The molecule has 1 saturated carbocycles. The average Bonchev–Trinajstić information content (AvgIpc) is 3.27. The molecule has 2 amide bonds. The summed E-state index contributed by atoms with van der Waals surface area (Å²) in [5.74, 6) is 0.183. The molecular formula is C26H37N3O3S. The normalized spacial score (nSPS) is 14.5. The van der Waals surface area contributed by atoms with Crippen LogP contribution in [0, 0.1) is 0 Å². The molecule has 1 N–H and O–H groups in total. The number of para-hydroxylation sites is 1. The van der Waals surface area contributed by atoms with E-state index in [1.165, 1.54) is 17.8 Å². The fourth-order valence-electron chi connectivity index (χ4n) is 4.46. The topological polar surface area (TPSA) is 71.5 Å². The smallest absolute Gasteiger partial charge is 0.357 e. The molecule has 1 aromatic heterocycles. The number of ether oxygens (including phenoxy) is 1. The summed E-state index contributed by atoms with van der Waals surface area (Å²) in [7, 11) is 0. The Hall–Kier alpha value is -2.41. The van der Waals surface area contributed by atoms with E-state index in [9.17, 15) is 9.59 Å². The minimum atomic E-state index is -0.416. The van der Waals surface area contributed by atoms with Crippen LogP contribution in [0.3, 0.4) is 0 Å². The first-order valence-corrected chi connectivity index (χ1v) is 13.0. The third kappa shape index (κ3) is 6.34. The number of benzene rings is 1. The number of amides is 2. The van der Waals surface area contributed by atoms with E-state index in [4.69, 9.17) is 4.74 Å². The molecular weight excluding hydrogens is 434 g/mol. The quantitative estimate of drug-likeness (QED) is 0.424. The van der Waals surface area contributed by atoms with E-state index < -0.39 is 5.97 Å². The van der Waals surface area contributed by atoms with Gasteiger partial charge in [0.1, 0.15) is 5.01 Å². The van der Waals surface area contributed by atoms with Crippen LogP contribution in [-0.2, 0) is 11.3 Å². The minimum Gasteiger partial charge on any atom is -0.461 e. The molecule has 0 bridgehead atoms. The SMILES string of the molecule is CCOC(=O)c1csc(CN(C(=O)Nc2c(C(C)C)cccc2C(C)C)C2CCCCC2)n1. The Kier molecular flexibility index (Phi) is 8.89. The second-order valence-electron chi connectivity index (χ2n) is 9.32. The molecule has 1 aromatic carbocycles. The predicted molar refractivity (Wildman–Crippen MR) is 134 cm³/mol. The van der Waals surface area contributed by atoms with Gasteiger partial charge in [-0.1, -0.05) is 65.2 Å². The van der Waals surface area contributed by atoms with Crippen molar-refractivity contribution in [1.82, 2.24) is 9.88 Å². The predicted octanol–water partition coefficient (Wildman–Crippen LogP) is 6.93. The average molecular weight is 472 g/mol. The van der Waals surface area contributed by atoms with E-state index in [1.807, 2.05) is 4.90 Å². The van der Waals surface area contributed by atoms with Crippen molar-refractivity contribution in [2.75, 3.05) is 11.9 Å². The second kappa shape index (κ2) is 11.6. The Morgan fingerprint density at radius 3 is 2.33 bits per heavy atom. The maximum absolute atomic E-state index is 13.7. The van der Waals surface area contributed by atoms with Crippen molar-refractivity contribution in [3.05, 3.63) is 45.4 Å². The number of thiazole rings is 1. The Labute approximate surface area is 201 Å². The highest BCUT2D eigenvalue weighted by Crippen LogP contribution is 2.33. The van der Waals surface area contributed by atoms with Crippen LogP contribution in [0.4, 0.5) is 10.5 Å². The van der Waals surface area contributed by atoms with Gasteiger partial charge < -0.3 is 15.0 Å². The van der Waals surface area contributed by atoms with Gasteiger partial charge in [0.25, 0.3) is 0 Å². The number of hydrogen-bond donors (Lipinski definition) is 1. The zero-order chi connectivity index (χ0) is 24.0. The number of aromatic nitrogens is 1. The van der Waals surface area contributed by atoms with Crippen LogP contribution < -0.4 is 5.32 Å². The molecule has 3 rings (SSSR count). The number of carbonyl (C=O) groups excluding carboxylic acids is 2. The van der Waals surface area contributed by atoms with Gasteiger partial charge in [0, 0.05) is 17.1 Å². The van der Waals surface area contributed by atoms with Gasteiger partial charge in [-0.3, -0.25) is 0 Å². The third-order valence-electron chi connectivity index (χ3n) is 6.22. The number of rotatable bonds is 8. The summed E-state index contributed by atoms with van der Waals surface area (Å²) in [5, 5.41) is 5.75. The zero-order valence-corrected chi connectivity index (χ0v) is 21.3. The Morgan fingerprint density at radius 1 is 1.12 bits per heavy atom. The van der Waals surface area contributed by atoms with Crippen LogP contribution in [0.2, 0.25) is 0 Å². The van der Waals surface area contributed by atoms with Crippen LogP contribution in [0.1, 0.15) is 105 Å². The molecule has 6 nitrogen and oxygen atoms in total. The Balaban J connectivity index is 1.88. The molecule has 7 heteroatoms. The van der Waals surface area contributed by atoms with E-state index in [0.717, 1.165) is 47.5 Å². The number of carbonyl (C=O) groups is 2. The van der Waals surface area contributed by atoms with Gasteiger partial charge in [-0.05, 0) is 42.7 Å². The van der Waals surface area contributed by atoms with Crippen molar-refractivity contribution < 1.29 is 14.3 Å². The summed E-state index contributed by atoms with van der Waals surface area (Å²) in [6.45, 7) is 11.1. The maximum Gasteiger partial charge on any atom is 0.357 e. The van der Waals surface area contributed by atoms with Crippen molar-refractivity contribution in [2.24, 2.45) is 0 Å². The van der Waals surface area contributed by atoms with Crippen molar-refractivity contribution in [1.29, 1.82) is 0 Å². The molecule has 1 aliphatic carbocycles. The van der Waals surface area contributed by atoms with Crippen LogP contribution >= 0.6 is 11.3 Å². The van der Waals surface area contributed by atoms with E-state index in [0.29, 0.717) is 30.7 Å². The highest BCUT2D eigenvalue weighted by Gasteiger charge is 2.28. The van der Waals surface area contributed by atoms with Gasteiger partial charge in [-0.2, -0.15) is 0 Å². The van der Waals surface area contributed by atoms with Crippen molar-refractivity contribution in [3.8, 4) is 0 Å². The first-order valence-electron chi connectivity index (χ1n) is 12.1. The first-order chi connectivity index (χ1) is 15.8. The number of anilines is 1. The van der Waals surface area contributed by atoms with E-state index in [2.05, 4.69) is 56.2 Å². The third-order valence-corrected chi connectivity index (χ3v) is 7.06. The van der Waals surface area contributed by atoms with Gasteiger partial charge >= 0.3 is 12.0 Å². The van der Waals surface area contributed by atoms with E-state index in [1.54, 1.807) is 12.3 Å². The molecule has 0 aliphatic heterocycles. The summed E-state index contributed by atoms with van der Waals surface area (Å²) in [5.41, 5.74) is 3.54. The summed E-state index contributed by atoms with van der Waals surface area (Å²) >= 11 is 1.40. The van der Waals surface area contributed by atoms with Gasteiger partial charge in [0.05, 0.1) is 13.2 Å². The van der Waals surface area contributed by atoms with E-state index >= 15 is 0 Å². The van der Waals surface area contributed by atoms with Gasteiger partial charge in [0.15, 0.2) is 5.69 Å². The van der Waals surface area contributed by atoms with Crippen LogP contribution in [0.25, 0.3) is 0 Å². The number of urea groups is 1. The fourth-order valence-corrected chi connectivity index (χ4v) is 5.22. The second-order valence-corrected chi connectivity index (χ2v) is 10.3. The fraction of sp³-hybridized carbons (Fsp3) is 0.577. The molecule has 1 fully saturated rings. The minimum absolute atomic E-state index is 0.0928. The molecule has 1 heterocycles. The molecule has 0 saturated heterocycles. The lowest BCUT2D eigenvalue weighted by atomic mass is 9.92. The van der Waals surface area contributed by atoms with Crippen molar-refractivity contribution in [2.45, 2.75) is 91.1 Å². The van der Waals surface area contributed by atoms with Crippen molar-refractivity contribution >= 4 is 29.0 Å². The largest absolute Gasteiger partial charge is 0.461 e. The van der Waals surface area contributed by atoms with Crippen LogP contribution in [-0.4, -0.2) is 34.5 Å². The molecule has 1 aliphatic rings. The maximum atomic E-state index is 13.7. The van der Waals surface area contributed by atoms with Crippen LogP contribution in [0.15, 0.2) is 23.6 Å². The van der Waals surface area contributed by atoms with Crippen LogP contribution in [0.5, 0.6) is 0 Å². The summed E-state index contributed by atoms with van der Waals surface area (Å²) < 4.78 is 5.07. The number of esters is 1. The van der Waals surface area contributed by atoms with E-state index in [-0.39, 0.29) is 12.1 Å². The highest BCUT2D eigenvalue weighted by atomic mass is 32.1. The molecule has 0 atom stereocenters. The van der Waals surface area contributed by atoms with Crippen molar-refractivity contribution in [3.63, 3.8) is 0 Å². The monoisotopic (exact) mass is 471 g/mol. The number of hydrogen-bond acceptors (Lipinski definition) is 5. The number of nitrogens with zero attached hydrogens (tertiary/aromatic N) is 2. The molecule has 0 spiro atoms. The molecule has 0 radical (unpaired) electrons. The first kappa shape index (κ1) is 25.2. The zero-order valence-electron chi connectivity index (χ0n) is 20.5. The number of nitrogens with one attached hydrogen (secondary N) is 1. The van der Waals surface area contributed by atoms with Gasteiger partial charge in [-0.15, -0.1) is 11.3 Å². The summed E-state index contributed by atoms with van der Waals surface area (Å²) in [6, 6.07) is 6.35. The molecule has 33 heavy (non-hydrogen) atoms. The lowest BCUT2D eigenvalue weighted by molar-refractivity contribution is 0.0520. The van der Waals surface area contributed by atoms with Gasteiger partial charge in [-0.25, -0.2) is 14.6 Å². The summed E-state index contributed by atoms with van der Waals surface area (Å²) in [6.07, 6.45) is 5.45. The van der Waals surface area contributed by atoms with Gasteiger partial charge in [0.2, 0.25) is 0 Å². The molecule has 180 valence electrons. The highest BCUT2D eigenvalue weighted by molar-refractivity contribution is 7.09. The standard InChI is InChI=1S/C26H37N3O3S/c1-6-32-25(30)22-16-33-23(27-22)15-29(19-11-8-7-9-12-19)26(31)28-24-20(17(2)3)13-10-14-21(24)18(4)5/h10,13-14,16-19H,6-9,11-12,15H2,1-5H3,(H,28,31). The molecule has 2 aromatic rings. The molecule has 0 unspecified atom stereocenters. The lowest BCUT2D eigenvalue weighted by Gasteiger charge is -2.34.